The van der Waals surface area contributed by atoms with Crippen LogP contribution in [0.15, 0.2) is 66.7 Å². The van der Waals surface area contributed by atoms with Crippen molar-refractivity contribution in [1.29, 1.82) is 0 Å². The molecule has 0 heterocycles. The molecule has 0 unspecified atom stereocenters. The summed E-state index contributed by atoms with van der Waals surface area (Å²) in [6.45, 7) is 0. The van der Waals surface area contributed by atoms with Gasteiger partial charge in [0.25, 0.3) is 0 Å². The van der Waals surface area contributed by atoms with E-state index in [1.807, 2.05) is 54.6 Å². The second-order valence-electron chi connectivity index (χ2n) is 4.79. The second-order valence-corrected chi connectivity index (χ2v) is 4.79. The number of hydrogen-bond acceptors (Lipinski definition) is 0. The molecule has 0 atom stereocenters. The number of benzene rings is 4. The quantitative estimate of drug-likeness (QED) is 0.370. The van der Waals surface area contributed by atoms with Crippen molar-refractivity contribution >= 4 is 32.3 Å². The van der Waals surface area contributed by atoms with Crippen molar-refractivity contribution < 1.29 is 4.39 Å². The first-order chi connectivity index (χ1) is 9.34. The molecule has 0 N–H and O–H groups in total. The molecule has 1 heteroatoms. The van der Waals surface area contributed by atoms with Gasteiger partial charge in [-0.3, -0.25) is 0 Å². The summed E-state index contributed by atoms with van der Waals surface area (Å²) in [5.74, 6) is -0.148. The fourth-order valence-corrected chi connectivity index (χ4v) is 2.83. The van der Waals surface area contributed by atoms with E-state index in [1.54, 1.807) is 6.07 Å². The molecule has 4 aromatic carbocycles. The SMILES string of the molecule is Fc1cc2ccccc2c2ccc3ccccc3c12. The van der Waals surface area contributed by atoms with Crippen molar-refractivity contribution in [2.24, 2.45) is 0 Å². The minimum absolute atomic E-state index is 0.148. The second kappa shape index (κ2) is 3.79. The van der Waals surface area contributed by atoms with Crippen LogP contribution in [0.2, 0.25) is 0 Å². The van der Waals surface area contributed by atoms with Crippen molar-refractivity contribution in [1.82, 2.24) is 0 Å². The van der Waals surface area contributed by atoms with Gasteiger partial charge in [-0.25, -0.2) is 4.39 Å². The van der Waals surface area contributed by atoms with Crippen LogP contribution < -0.4 is 0 Å². The predicted molar refractivity (Wildman–Crippen MR) is 78.9 cm³/mol. The highest BCUT2D eigenvalue weighted by molar-refractivity contribution is 6.17. The molecule has 0 nitrogen and oxygen atoms in total. The lowest BCUT2D eigenvalue weighted by Crippen LogP contribution is -1.85. The van der Waals surface area contributed by atoms with E-state index in [-0.39, 0.29) is 5.82 Å². The van der Waals surface area contributed by atoms with Gasteiger partial charge in [0, 0.05) is 5.39 Å². The molecule has 0 saturated heterocycles. The topological polar surface area (TPSA) is 0 Å². The normalized spacial score (nSPS) is 11.4. The summed E-state index contributed by atoms with van der Waals surface area (Å²) in [7, 11) is 0. The van der Waals surface area contributed by atoms with Crippen LogP contribution in [0, 0.1) is 5.82 Å². The Bertz CT molecular complexity index is 922. The van der Waals surface area contributed by atoms with E-state index in [2.05, 4.69) is 6.07 Å². The van der Waals surface area contributed by atoms with E-state index in [1.165, 1.54) is 0 Å². The van der Waals surface area contributed by atoms with Gasteiger partial charge in [0.1, 0.15) is 5.82 Å². The number of rotatable bonds is 0. The lowest BCUT2D eigenvalue weighted by molar-refractivity contribution is 0.642. The molecule has 0 spiro atoms. The molecule has 0 aliphatic heterocycles. The van der Waals surface area contributed by atoms with Crippen LogP contribution >= 0.6 is 0 Å². The highest BCUT2D eigenvalue weighted by atomic mass is 19.1. The molecule has 4 aromatic rings. The average Bonchev–Trinajstić information content (AvgIpc) is 2.46. The largest absolute Gasteiger partial charge is 0.206 e. The summed E-state index contributed by atoms with van der Waals surface area (Å²) in [5, 5.41) is 5.80. The smallest absolute Gasteiger partial charge is 0.132 e. The van der Waals surface area contributed by atoms with E-state index in [0.717, 1.165) is 32.3 Å². The van der Waals surface area contributed by atoms with Crippen molar-refractivity contribution in [2.45, 2.75) is 0 Å². The predicted octanol–water partition coefficient (Wildman–Crippen LogP) is 5.29. The zero-order valence-corrected chi connectivity index (χ0v) is 10.2. The lowest BCUT2D eigenvalue weighted by atomic mass is 9.97. The molecule has 0 amide bonds. The molecule has 4 rings (SSSR count). The molecule has 0 fully saturated rings. The maximum atomic E-state index is 14.4. The summed E-state index contributed by atoms with van der Waals surface area (Å²) < 4.78 is 14.4. The molecular weight excluding hydrogens is 235 g/mol. The monoisotopic (exact) mass is 246 g/mol. The highest BCUT2D eigenvalue weighted by Gasteiger charge is 2.09. The van der Waals surface area contributed by atoms with Gasteiger partial charge in [0.2, 0.25) is 0 Å². The lowest BCUT2D eigenvalue weighted by Gasteiger charge is -2.08. The zero-order chi connectivity index (χ0) is 12.8. The standard InChI is InChI=1S/C18H11F/c19-17-11-13-6-2-3-7-14(13)16-10-9-12-5-1-4-8-15(12)18(16)17/h1-11H. The van der Waals surface area contributed by atoms with Crippen LogP contribution in [-0.4, -0.2) is 0 Å². The van der Waals surface area contributed by atoms with Gasteiger partial charge < -0.3 is 0 Å². The highest BCUT2D eigenvalue weighted by Crippen LogP contribution is 2.33. The van der Waals surface area contributed by atoms with Crippen LogP contribution in [0.5, 0.6) is 0 Å². The Balaban J connectivity index is 2.35. The summed E-state index contributed by atoms with van der Waals surface area (Å²) in [5.41, 5.74) is 0. The van der Waals surface area contributed by atoms with E-state index in [4.69, 9.17) is 0 Å². The Morgan fingerprint density at radius 1 is 0.579 bits per heavy atom. The van der Waals surface area contributed by atoms with Gasteiger partial charge in [-0.05, 0) is 33.0 Å². The Morgan fingerprint density at radius 2 is 1.26 bits per heavy atom. The molecule has 19 heavy (non-hydrogen) atoms. The fourth-order valence-electron chi connectivity index (χ4n) is 2.83. The molecule has 0 bridgehead atoms. The van der Waals surface area contributed by atoms with Gasteiger partial charge in [0.05, 0.1) is 0 Å². The molecule has 0 aromatic heterocycles. The van der Waals surface area contributed by atoms with E-state index >= 15 is 0 Å². The minimum Gasteiger partial charge on any atom is -0.206 e. The Hall–Kier alpha value is -2.41. The van der Waals surface area contributed by atoms with E-state index in [9.17, 15) is 4.39 Å². The Kier molecular flexibility index (Phi) is 2.10. The van der Waals surface area contributed by atoms with Crippen LogP contribution in [-0.2, 0) is 0 Å². The van der Waals surface area contributed by atoms with E-state index < -0.39 is 0 Å². The summed E-state index contributed by atoms with van der Waals surface area (Å²) >= 11 is 0. The van der Waals surface area contributed by atoms with Crippen molar-refractivity contribution in [3.63, 3.8) is 0 Å². The molecule has 0 radical (unpaired) electrons. The van der Waals surface area contributed by atoms with E-state index in [0.29, 0.717) is 0 Å². The van der Waals surface area contributed by atoms with Crippen LogP contribution in [0.3, 0.4) is 0 Å². The van der Waals surface area contributed by atoms with Crippen molar-refractivity contribution in [3.8, 4) is 0 Å². The molecule has 0 aliphatic carbocycles. The molecule has 0 aliphatic rings. The average molecular weight is 246 g/mol. The summed E-state index contributed by atoms with van der Waals surface area (Å²) in [4.78, 5) is 0. The fraction of sp³-hybridized carbons (Fsp3) is 0. The van der Waals surface area contributed by atoms with Gasteiger partial charge in [-0.2, -0.15) is 0 Å². The molecule has 0 saturated carbocycles. The Morgan fingerprint density at radius 3 is 2.11 bits per heavy atom. The van der Waals surface area contributed by atoms with Crippen LogP contribution in [0.1, 0.15) is 0 Å². The van der Waals surface area contributed by atoms with Crippen LogP contribution in [0.4, 0.5) is 4.39 Å². The first-order valence-corrected chi connectivity index (χ1v) is 6.33. The third kappa shape index (κ3) is 1.45. The van der Waals surface area contributed by atoms with Crippen molar-refractivity contribution in [3.05, 3.63) is 72.5 Å². The zero-order valence-electron chi connectivity index (χ0n) is 10.2. The molecule has 90 valence electrons. The van der Waals surface area contributed by atoms with Gasteiger partial charge in [0.15, 0.2) is 0 Å². The maximum Gasteiger partial charge on any atom is 0.132 e. The van der Waals surface area contributed by atoms with Gasteiger partial charge in [-0.1, -0.05) is 60.7 Å². The van der Waals surface area contributed by atoms with Crippen LogP contribution in [0.25, 0.3) is 32.3 Å². The minimum atomic E-state index is -0.148. The number of fused-ring (bicyclic) bond motifs is 5. The summed E-state index contributed by atoms with van der Waals surface area (Å²) in [6, 6.07) is 21.6. The molecular formula is C18H11F. The first kappa shape index (κ1) is 10.5. The maximum absolute atomic E-state index is 14.4. The van der Waals surface area contributed by atoms with Gasteiger partial charge in [-0.15, -0.1) is 0 Å². The third-order valence-corrected chi connectivity index (χ3v) is 3.70. The third-order valence-electron chi connectivity index (χ3n) is 3.70. The Labute approximate surface area is 110 Å². The first-order valence-electron chi connectivity index (χ1n) is 6.33. The number of halogens is 1. The summed E-state index contributed by atoms with van der Waals surface area (Å²) in [6.07, 6.45) is 0. The van der Waals surface area contributed by atoms with Gasteiger partial charge >= 0.3 is 0 Å². The van der Waals surface area contributed by atoms with Crippen molar-refractivity contribution in [2.75, 3.05) is 0 Å². The number of hydrogen-bond donors (Lipinski definition) is 0.